The van der Waals surface area contributed by atoms with E-state index >= 15 is 0 Å². The number of piperidine rings is 1. The molecular weight excluding hydrogens is 362 g/mol. The number of likely N-dealkylation sites (tertiary alicyclic amines) is 1. The van der Waals surface area contributed by atoms with Crippen molar-refractivity contribution < 1.29 is 9.53 Å². The van der Waals surface area contributed by atoms with Crippen LogP contribution in [0.1, 0.15) is 30.1 Å². The summed E-state index contributed by atoms with van der Waals surface area (Å²) in [6.07, 6.45) is 4.13. The molecule has 29 heavy (non-hydrogen) atoms. The van der Waals surface area contributed by atoms with Crippen molar-refractivity contribution in [1.29, 1.82) is 0 Å². The molecule has 4 rings (SSSR count). The summed E-state index contributed by atoms with van der Waals surface area (Å²) in [4.78, 5) is 23.9. The Morgan fingerprint density at radius 1 is 1.10 bits per heavy atom. The largest absolute Gasteiger partial charge is 0.497 e. The van der Waals surface area contributed by atoms with Gasteiger partial charge in [-0.3, -0.25) is 14.8 Å². The molecule has 0 N–H and O–H groups in total. The Hall–Kier alpha value is -3.21. The maximum absolute atomic E-state index is 12.7. The molecule has 1 atom stereocenters. The smallest absolute Gasteiger partial charge is 0.228 e. The van der Waals surface area contributed by atoms with Gasteiger partial charge in [0, 0.05) is 42.2 Å². The Morgan fingerprint density at radius 2 is 1.97 bits per heavy atom. The van der Waals surface area contributed by atoms with Gasteiger partial charge < -0.3 is 9.64 Å². The van der Waals surface area contributed by atoms with Gasteiger partial charge in [0.25, 0.3) is 0 Å². The Balaban J connectivity index is 1.47. The zero-order chi connectivity index (χ0) is 20.1. The second kappa shape index (κ2) is 8.86. The maximum Gasteiger partial charge on any atom is 0.228 e. The number of ether oxygens (including phenoxy) is 1. The Bertz CT molecular complexity index is 957. The molecule has 1 aromatic carbocycles. The standard InChI is InChI=1S/C24H25N3O2/c1-29-21-12-10-18(11-13-21)22-8-4-9-23(26-22)19-6-5-15-27(17-19)24(28)16-20-7-2-3-14-25-20/h2-4,7-14,19H,5-6,15-17H2,1H3. The third kappa shape index (κ3) is 4.62. The van der Waals surface area contributed by atoms with Crippen LogP contribution in [0.2, 0.25) is 0 Å². The summed E-state index contributed by atoms with van der Waals surface area (Å²) in [6.45, 7) is 1.52. The molecule has 3 heterocycles. The number of carbonyl (C=O) groups excluding carboxylic acids is 1. The minimum absolute atomic E-state index is 0.139. The summed E-state index contributed by atoms with van der Waals surface area (Å²) in [5.74, 6) is 1.23. The Morgan fingerprint density at radius 3 is 2.72 bits per heavy atom. The van der Waals surface area contributed by atoms with E-state index in [1.807, 2.05) is 53.4 Å². The molecule has 1 amide bonds. The summed E-state index contributed by atoms with van der Waals surface area (Å²) < 4.78 is 5.24. The molecule has 1 aliphatic rings. The number of nitrogens with zero attached hydrogens (tertiary/aromatic N) is 3. The molecular formula is C24H25N3O2. The normalized spacial score (nSPS) is 16.4. The summed E-state index contributed by atoms with van der Waals surface area (Å²) in [5.41, 5.74) is 3.88. The Labute approximate surface area is 171 Å². The number of carbonyl (C=O) groups is 1. The lowest BCUT2D eigenvalue weighted by atomic mass is 9.93. The molecule has 5 nitrogen and oxygen atoms in total. The minimum Gasteiger partial charge on any atom is -0.497 e. The van der Waals surface area contributed by atoms with Crippen molar-refractivity contribution in [2.24, 2.45) is 0 Å². The monoisotopic (exact) mass is 387 g/mol. The fourth-order valence-corrected chi connectivity index (χ4v) is 3.82. The Kier molecular flexibility index (Phi) is 5.84. The molecule has 0 spiro atoms. The van der Waals surface area contributed by atoms with Crippen molar-refractivity contribution in [2.45, 2.75) is 25.2 Å². The molecule has 2 aromatic heterocycles. The number of pyridine rings is 2. The van der Waals surface area contributed by atoms with Crippen molar-refractivity contribution in [3.05, 3.63) is 78.2 Å². The zero-order valence-electron chi connectivity index (χ0n) is 16.6. The van der Waals surface area contributed by atoms with E-state index in [0.717, 1.165) is 47.8 Å². The average molecular weight is 387 g/mol. The predicted molar refractivity (Wildman–Crippen MR) is 113 cm³/mol. The molecule has 0 bridgehead atoms. The molecule has 1 saturated heterocycles. The molecule has 5 heteroatoms. The van der Waals surface area contributed by atoms with Crippen molar-refractivity contribution in [3.63, 3.8) is 0 Å². The highest BCUT2D eigenvalue weighted by molar-refractivity contribution is 5.78. The second-order valence-electron chi connectivity index (χ2n) is 7.35. The van der Waals surface area contributed by atoms with Crippen LogP contribution in [-0.4, -0.2) is 41.0 Å². The predicted octanol–water partition coefficient (Wildman–Crippen LogP) is 4.10. The van der Waals surface area contributed by atoms with Crippen LogP contribution in [0.5, 0.6) is 5.75 Å². The first-order chi connectivity index (χ1) is 14.2. The lowest BCUT2D eigenvalue weighted by Gasteiger charge is -2.32. The first-order valence-corrected chi connectivity index (χ1v) is 10.0. The SMILES string of the molecule is COc1ccc(-c2cccc(C3CCCN(C(=O)Cc4ccccn4)C3)n2)cc1. The van der Waals surface area contributed by atoms with Gasteiger partial charge in [0.05, 0.1) is 19.2 Å². The van der Waals surface area contributed by atoms with Crippen LogP contribution < -0.4 is 4.74 Å². The highest BCUT2D eigenvalue weighted by atomic mass is 16.5. The summed E-state index contributed by atoms with van der Waals surface area (Å²) >= 11 is 0. The van der Waals surface area contributed by atoms with Crippen molar-refractivity contribution in [3.8, 4) is 17.0 Å². The molecule has 1 unspecified atom stereocenters. The van der Waals surface area contributed by atoms with Crippen molar-refractivity contribution >= 4 is 5.91 Å². The van der Waals surface area contributed by atoms with Gasteiger partial charge >= 0.3 is 0 Å². The van der Waals surface area contributed by atoms with E-state index in [-0.39, 0.29) is 11.8 Å². The van der Waals surface area contributed by atoms with Crippen molar-refractivity contribution in [1.82, 2.24) is 14.9 Å². The highest BCUT2D eigenvalue weighted by Crippen LogP contribution is 2.28. The molecule has 0 radical (unpaired) electrons. The van der Waals surface area contributed by atoms with Gasteiger partial charge in [0.15, 0.2) is 0 Å². The van der Waals surface area contributed by atoms with Crippen LogP contribution in [0.25, 0.3) is 11.3 Å². The minimum atomic E-state index is 0.139. The van der Waals surface area contributed by atoms with Crippen LogP contribution in [-0.2, 0) is 11.2 Å². The quantitative estimate of drug-likeness (QED) is 0.661. The summed E-state index contributed by atoms with van der Waals surface area (Å²) in [7, 11) is 1.66. The summed E-state index contributed by atoms with van der Waals surface area (Å²) in [5, 5.41) is 0. The van der Waals surface area contributed by atoms with Gasteiger partial charge in [-0.15, -0.1) is 0 Å². The zero-order valence-corrected chi connectivity index (χ0v) is 16.6. The average Bonchev–Trinajstić information content (AvgIpc) is 2.80. The van der Waals surface area contributed by atoms with Gasteiger partial charge in [0.1, 0.15) is 5.75 Å². The number of amides is 1. The van der Waals surface area contributed by atoms with E-state index in [0.29, 0.717) is 13.0 Å². The molecule has 0 aliphatic carbocycles. The van der Waals surface area contributed by atoms with Crippen molar-refractivity contribution in [2.75, 3.05) is 20.2 Å². The van der Waals surface area contributed by atoms with Crippen LogP contribution in [0.15, 0.2) is 66.9 Å². The van der Waals surface area contributed by atoms with Gasteiger partial charge in [-0.25, -0.2) is 0 Å². The third-order valence-corrected chi connectivity index (χ3v) is 5.41. The number of rotatable bonds is 5. The van der Waals surface area contributed by atoms with E-state index in [2.05, 4.69) is 17.1 Å². The molecule has 0 saturated carbocycles. The number of hydrogen-bond donors (Lipinski definition) is 0. The molecule has 1 aliphatic heterocycles. The first kappa shape index (κ1) is 19.1. The number of aromatic nitrogens is 2. The second-order valence-corrected chi connectivity index (χ2v) is 7.35. The maximum atomic E-state index is 12.7. The molecule has 1 fully saturated rings. The van der Waals surface area contributed by atoms with Crippen LogP contribution in [0, 0.1) is 0 Å². The van der Waals surface area contributed by atoms with E-state index in [1.54, 1.807) is 13.3 Å². The van der Waals surface area contributed by atoms with Gasteiger partial charge in [-0.05, 0) is 61.4 Å². The fourth-order valence-electron chi connectivity index (χ4n) is 3.82. The van der Waals surface area contributed by atoms with E-state index < -0.39 is 0 Å². The van der Waals surface area contributed by atoms with Gasteiger partial charge in [0.2, 0.25) is 5.91 Å². The number of methoxy groups -OCH3 is 1. The highest BCUT2D eigenvalue weighted by Gasteiger charge is 2.26. The number of hydrogen-bond acceptors (Lipinski definition) is 4. The first-order valence-electron chi connectivity index (χ1n) is 10.0. The molecule has 3 aromatic rings. The van der Waals surface area contributed by atoms with E-state index in [1.165, 1.54) is 0 Å². The van der Waals surface area contributed by atoms with E-state index in [4.69, 9.17) is 9.72 Å². The lowest BCUT2D eigenvalue weighted by molar-refractivity contribution is -0.131. The van der Waals surface area contributed by atoms with Crippen LogP contribution in [0.3, 0.4) is 0 Å². The summed E-state index contributed by atoms with van der Waals surface area (Å²) in [6, 6.07) is 19.8. The third-order valence-electron chi connectivity index (χ3n) is 5.41. The van der Waals surface area contributed by atoms with Crippen LogP contribution >= 0.6 is 0 Å². The fraction of sp³-hybridized carbons (Fsp3) is 0.292. The van der Waals surface area contributed by atoms with E-state index in [9.17, 15) is 4.79 Å². The lowest BCUT2D eigenvalue weighted by Crippen LogP contribution is -2.40. The molecule has 148 valence electrons. The van der Waals surface area contributed by atoms with Gasteiger partial charge in [-0.2, -0.15) is 0 Å². The number of benzene rings is 1. The van der Waals surface area contributed by atoms with Crippen LogP contribution in [0.4, 0.5) is 0 Å². The van der Waals surface area contributed by atoms with Gasteiger partial charge in [-0.1, -0.05) is 12.1 Å². The topological polar surface area (TPSA) is 55.3 Å².